The van der Waals surface area contributed by atoms with E-state index >= 15 is 0 Å². The van der Waals surface area contributed by atoms with Gasteiger partial charge in [0.05, 0.1) is 0 Å². The number of nitrogens with zero attached hydrogens (tertiary/aromatic N) is 2. The molecule has 1 atom stereocenters. The highest BCUT2D eigenvalue weighted by molar-refractivity contribution is 8.02. The maximum absolute atomic E-state index is 10.9. The quantitative estimate of drug-likeness (QED) is 0.762. The Hall–Kier alpha value is -0.620. The molecule has 14 heavy (non-hydrogen) atoms. The molecule has 78 valence electrons. The summed E-state index contributed by atoms with van der Waals surface area (Å²) in [5.41, 5.74) is 1.61. The summed E-state index contributed by atoms with van der Waals surface area (Å²) in [4.78, 5) is 10.9. The van der Waals surface area contributed by atoms with Gasteiger partial charge in [-0.1, -0.05) is 42.9 Å². The zero-order chi connectivity index (χ0) is 10.4. The van der Waals surface area contributed by atoms with E-state index in [1.807, 2.05) is 0 Å². The molecule has 0 spiro atoms. The third kappa shape index (κ3) is 3.63. The first-order valence-corrected chi connectivity index (χ1v) is 6.15. The molecule has 1 unspecified atom stereocenters. The molecular weight excluding hydrogens is 220 g/mol. The van der Waals surface area contributed by atoms with Crippen LogP contribution in [0.2, 0.25) is 0 Å². The van der Waals surface area contributed by atoms with E-state index in [1.165, 1.54) is 23.1 Å². The number of aliphatic carboxylic acids is 1. The van der Waals surface area contributed by atoms with Gasteiger partial charge in [0.25, 0.3) is 0 Å². The molecular formula is C8H12N2O2S2. The average molecular weight is 232 g/mol. The van der Waals surface area contributed by atoms with Crippen LogP contribution in [-0.4, -0.2) is 26.5 Å². The van der Waals surface area contributed by atoms with Crippen LogP contribution in [0.3, 0.4) is 0 Å². The molecule has 0 saturated carbocycles. The first kappa shape index (κ1) is 11.5. The lowest BCUT2D eigenvalue weighted by atomic mass is 10.2. The van der Waals surface area contributed by atoms with Crippen LogP contribution in [0.5, 0.6) is 0 Å². The van der Waals surface area contributed by atoms with Crippen molar-refractivity contribution in [3.63, 3.8) is 0 Å². The van der Waals surface area contributed by atoms with Crippen molar-refractivity contribution in [3.05, 3.63) is 5.51 Å². The Morgan fingerprint density at radius 1 is 1.79 bits per heavy atom. The van der Waals surface area contributed by atoms with Gasteiger partial charge < -0.3 is 5.11 Å². The third-order valence-electron chi connectivity index (χ3n) is 1.68. The maximum Gasteiger partial charge on any atom is 0.317 e. The van der Waals surface area contributed by atoms with Gasteiger partial charge in [-0.3, -0.25) is 4.79 Å². The van der Waals surface area contributed by atoms with Gasteiger partial charge in [-0.25, -0.2) is 0 Å². The molecule has 1 rings (SSSR count). The van der Waals surface area contributed by atoms with Crippen molar-refractivity contribution in [1.29, 1.82) is 0 Å². The molecule has 0 amide bonds. The monoisotopic (exact) mass is 232 g/mol. The number of unbranched alkanes of at least 4 members (excludes halogenated alkanes) is 1. The number of thioether (sulfide) groups is 1. The Balaban J connectivity index is 2.47. The smallest absolute Gasteiger partial charge is 0.317 e. The molecule has 1 heterocycles. The topological polar surface area (TPSA) is 63.1 Å². The van der Waals surface area contributed by atoms with E-state index in [0.29, 0.717) is 6.42 Å². The van der Waals surface area contributed by atoms with E-state index in [1.54, 1.807) is 5.51 Å². The largest absolute Gasteiger partial charge is 0.480 e. The van der Waals surface area contributed by atoms with Crippen molar-refractivity contribution >= 4 is 29.1 Å². The maximum atomic E-state index is 10.9. The molecule has 4 nitrogen and oxygen atoms in total. The molecule has 0 saturated heterocycles. The molecule has 0 bridgehead atoms. The van der Waals surface area contributed by atoms with Gasteiger partial charge in [-0.2, -0.15) is 0 Å². The number of aromatic nitrogens is 2. The summed E-state index contributed by atoms with van der Waals surface area (Å²) < 4.78 is 0.730. The second-order valence-corrected chi connectivity index (χ2v) is 5.07. The minimum absolute atomic E-state index is 0.386. The minimum atomic E-state index is -0.765. The van der Waals surface area contributed by atoms with Crippen LogP contribution < -0.4 is 0 Å². The summed E-state index contributed by atoms with van der Waals surface area (Å²) in [7, 11) is 0. The second kappa shape index (κ2) is 5.98. The predicted molar refractivity (Wildman–Crippen MR) is 56.7 cm³/mol. The Labute approximate surface area is 90.7 Å². The zero-order valence-corrected chi connectivity index (χ0v) is 9.48. The van der Waals surface area contributed by atoms with E-state index in [2.05, 4.69) is 17.1 Å². The number of rotatable bonds is 6. The van der Waals surface area contributed by atoms with Crippen LogP contribution >= 0.6 is 23.1 Å². The van der Waals surface area contributed by atoms with E-state index in [0.717, 1.165) is 17.2 Å². The highest BCUT2D eigenvalue weighted by Crippen LogP contribution is 2.27. The first-order valence-electron chi connectivity index (χ1n) is 4.39. The summed E-state index contributed by atoms with van der Waals surface area (Å²) in [5.74, 6) is -0.765. The van der Waals surface area contributed by atoms with Crippen molar-refractivity contribution in [2.45, 2.75) is 35.8 Å². The highest BCUT2D eigenvalue weighted by Gasteiger charge is 2.19. The molecule has 1 aromatic heterocycles. The van der Waals surface area contributed by atoms with E-state index in [9.17, 15) is 4.79 Å². The normalized spacial score (nSPS) is 12.6. The number of carbonyl (C=O) groups is 1. The number of carboxylic acid groups (broad SMARTS) is 1. The fraction of sp³-hybridized carbons (Fsp3) is 0.625. The van der Waals surface area contributed by atoms with Gasteiger partial charge in [0.1, 0.15) is 10.8 Å². The van der Waals surface area contributed by atoms with E-state index < -0.39 is 5.97 Å². The van der Waals surface area contributed by atoms with Gasteiger partial charge in [-0.15, -0.1) is 10.2 Å². The number of hydrogen-bond acceptors (Lipinski definition) is 5. The van der Waals surface area contributed by atoms with Crippen LogP contribution in [-0.2, 0) is 4.79 Å². The van der Waals surface area contributed by atoms with Gasteiger partial charge in [0, 0.05) is 0 Å². The van der Waals surface area contributed by atoms with Crippen LogP contribution in [0.15, 0.2) is 9.85 Å². The summed E-state index contributed by atoms with van der Waals surface area (Å²) in [6.07, 6.45) is 2.64. The molecule has 1 N–H and O–H groups in total. The van der Waals surface area contributed by atoms with Gasteiger partial charge in [-0.05, 0) is 6.42 Å². The van der Waals surface area contributed by atoms with Crippen LogP contribution in [0.4, 0.5) is 0 Å². The van der Waals surface area contributed by atoms with Crippen molar-refractivity contribution in [1.82, 2.24) is 10.2 Å². The van der Waals surface area contributed by atoms with Crippen molar-refractivity contribution < 1.29 is 9.90 Å². The minimum Gasteiger partial charge on any atom is -0.480 e. The molecule has 6 heteroatoms. The Morgan fingerprint density at radius 3 is 3.07 bits per heavy atom. The Kier molecular flexibility index (Phi) is 4.89. The fourth-order valence-electron chi connectivity index (χ4n) is 0.958. The van der Waals surface area contributed by atoms with Gasteiger partial charge >= 0.3 is 5.97 Å². The Bertz CT molecular complexity index is 277. The Morgan fingerprint density at radius 2 is 2.57 bits per heavy atom. The fourth-order valence-corrected chi connectivity index (χ4v) is 2.66. The predicted octanol–water partition coefficient (Wildman–Crippen LogP) is 2.27. The first-order chi connectivity index (χ1) is 6.74. The lowest BCUT2D eigenvalue weighted by Crippen LogP contribution is -2.15. The zero-order valence-electron chi connectivity index (χ0n) is 7.84. The lowest BCUT2D eigenvalue weighted by molar-refractivity contribution is -0.136. The number of hydrogen-bond donors (Lipinski definition) is 1. The molecule has 0 aromatic carbocycles. The number of carboxylic acids is 1. The molecule has 1 aromatic rings. The van der Waals surface area contributed by atoms with Crippen LogP contribution in [0.25, 0.3) is 0 Å². The summed E-state index contributed by atoms with van der Waals surface area (Å²) in [6.45, 7) is 2.05. The summed E-state index contributed by atoms with van der Waals surface area (Å²) in [5, 5.41) is 16.0. The third-order valence-corrected chi connectivity index (χ3v) is 3.74. The van der Waals surface area contributed by atoms with Crippen molar-refractivity contribution in [2.24, 2.45) is 0 Å². The second-order valence-electron chi connectivity index (χ2n) is 2.79. The van der Waals surface area contributed by atoms with Crippen LogP contribution in [0, 0.1) is 0 Å². The lowest BCUT2D eigenvalue weighted by Gasteiger charge is -2.08. The molecule has 0 radical (unpaired) electrons. The standard InChI is InChI=1S/C8H12N2O2S2/c1-2-3-4-6(7(11)12)14-8-10-9-5-13-8/h5-6H,2-4H2,1H3,(H,11,12). The molecule has 0 aliphatic rings. The van der Waals surface area contributed by atoms with Gasteiger partial charge in [0.2, 0.25) is 0 Å². The van der Waals surface area contributed by atoms with Crippen molar-refractivity contribution in [2.75, 3.05) is 0 Å². The average Bonchev–Trinajstić information content (AvgIpc) is 2.64. The molecule has 0 aliphatic carbocycles. The summed E-state index contributed by atoms with van der Waals surface area (Å²) >= 11 is 2.67. The SMILES string of the molecule is CCCCC(Sc1nncs1)C(=O)O. The molecule has 0 aliphatic heterocycles. The van der Waals surface area contributed by atoms with Gasteiger partial charge in [0.15, 0.2) is 4.34 Å². The summed E-state index contributed by atoms with van der Waals surface area (Å²) in [6, 6.07) is 0. The van der Waals surface area contributed by atoms with E-state index in [4.69, 9.17) is 5.11 Å². The van der Waals surface area contributed by atoms with Crippen molar-refractivity contribution in [3.8, 4) is 0 Å². The van der Waals surface area contributed by atoms with Crippen LogP contribution in [0.1, 0.15) is 26.2 Å². The molecule has 0 fully saturated rings. The van der Waals surface area contributed by atoms with E-state index in [-0.39, 0.29) is 5.25 Å². The highest BCUT2D eigenvalue weighted by atomic mass is 32.2.